The molecule has 18 heavy (non-hydrogen) atoms. The fraction of sp³-hybridized carbons (Fsp3) is 0.364. The topological polar surface area (TPSA) is 92.9 Å². The van der Waals surface area contributed by atoms with Gasteiger partial charge in [-0.3, -0.25) is 10.1 Å². The SMILES string of the molecule is O=C(OCc1ccc([N+](=O)[O-])cc1)N1CC(O)C1. The fourth-order valence-corrected chi connectivity index (χ4v) is 1.55. The Labute approximate surface area is 103 Å². The lowest BCUT2D eigenvalue weighted by molar-refractivity contribution is -0.384. The second-order valence-electron chi connectivity index (χ2n) is 4.04. The number of hydrogen-bond acceptors (Lipinski definition) is 5. The molecule has 0 aliphatic carbocycles. The van der Waals surface area contributed by atoms with E-state index in [0.717, 1.165) is 0 Å². The van der Waals surface area contributed by atoms with Crippen LogP contribution in [0.5, 0.6) is 0 Å². The molecule has 0 saturated carbocycles. The van der Waals surface area contributed by atoms with Gasteiger partial charge in [0, 0.05) is 12.1 Å². The van der Waals surface area contributed by atoms with Crippen molar-refractivity contribution in [3.63, 3.8) is 0 Å². The Balaban J connectivity index is 1.83. The van der Waals surface area contributed by atoms with Crippen molar-refractivity contribution in [1.29, 1.82) is 0 Å². The molecular formula is C11H12N2O5. The van der Waals surface area contributed by atoms with Gasteiger partial charge in [-0.15, -0.1) is 0 Å². The van der Waals surface area contributed by atoms with Crippen LogP contribution in [-0.4, -0.2) is 40.2 Å². The lowest BCUT2D eigenvalue weighted by Crippen LogP contribution is -2.53. The lowest BCUT2D eigenvalue weighted by Gasteiger charge is -2.34. The van der Waals surface area contributed by atoms with Crippen LogP contribution in [0.4, 0.5) is 10.5 Å². The van der Waals surface area contributed by atoms with Gasteiger partial charge in [-0.05, 0) is 17.7 Å². The van der Waals surface area contributed by atoms with E-state index in [0.29, 0.717) is 18.7 Å². The molecule has 1 heterocycles. The number of nitro groups is 1. The molecule has 7 nitrogen and oxygen atoms in total. The molecule has 1 amide bonds. The fourth-order valence-electron chi connectivity index (χ4n) is 1.55. The number of nitrogens with zero attached hydrogens (tertiary/aromatic N) is 2. The van der Waals surface area contributed by atoms with Crippen LogP contribution in [0.15, 0.2) is 24.3 Å². The third-order valence-corrected chi connectivity index (χ3v) is 2.63. The van der Waals surface area contributed by atoms with Gasteiger partial charge in [0.15, 0.2) is 0 Å². The van der Waals surface area contributed by atoms with Crippen LogP contribution < -0.4 is 0 Å². The smallest absolute Gasteiger partial charge is 0.410 e. The number of benzene rings is 1. The molecule has 7 heteroatoms. The molecule has 1 aliphatic heterocycles. The normalized spacial score (nSPS) is 15.1. The van der Waals surface area contributed by atoms with E-state index in [1.165, 1.54) is 29.2 Å². The summed E-state index contributed by atoms with van der Waals surface area (Å²) in [6, 6.07) is 5.79. The summed E-state index contributed by atoms with van der Waals surface area (Å²) < 4.78 is 4.99. The molecule has 0 atom stereocenters. The predicted octanol–water partition coefficient (Wildman–Crippen LogP) is 0.908. The molecule has 96 valence electrons. The Morgan fingerprint density at radius 1 is 1.44 bits per heavy atom. The summed E-state index contributed by atoms with van der Waals surface area (Å²) in [7, 11) is 0. The first kappa shape index (κ1) is 12.3. The van der Waals surface area contributed by atoms with Crippen molar-refractivity contribution in [2.24, 2.45) is 0 Å². The highest BCUT2D eigenvalue weighted by molar-refractivity contribution is 5.68. The molecule has 1 aromatic carbocycles. The van der Waals surface area contributed by atoms with E-state index in [1.807, 2.05) is 0 Å². The molecule has 1 aromatic rings. The number of carbonyl (C=O) groups is 1. The molecule has 1 saturated heterocycles. The number of likely N-dealkylation sites (tertiary alicyclic amines) is 1. The van der Waals surface area contributed by atoms with Crippen LogP contribution in [0, 0.1) is 10.1 Å². The van der Waals surface area contributed by atoms with Gasteiger partial charge in [0.05, 0.1) is 24.1 Å². The van der Waals surface area contributed by atoms with E-state index in [2.05, 4.69) is 0 Å². The standard InChI is InChI=1S/C11H12N2O5/c14-10-5-12(6-10)11(15)18-7-8-1-3-9(4-2-8)13(16)17/h1-4,10,14H,5-7H2. The van der Waals surface area contributed by atoms with Crippen molar-refractivity contribution in [3.8, 4) is 0 Å². The maximum atomic E-state index is 11.4. The van der Waals surface area contributed by atoms with E-state index in [-0.39, 0.29) is 12.3 Å². The van der Waals surface area contributed by atoms with Gasteiger partial charge < -0.3 is 14.7 Å². The minimum atomic E-state index is -0.489. The van der Waals surface area contributed by atoms with Crippen molar-refractivity contribution < 1.29 is 19.6 Å². The van der Waals surface area contributed by atoms with Gasteiger partial charge in [-0.25, -0.2) is 4.79 Å². The summed E-state index contributed by atoms with van der Waals surface area (Å²) in [5.41, 5.74) is 0.672. The van der Waals surface area contributed by atoms with Gasteiger partial charge in [-0.2, -0.15) is 0 Å². The van der Waals surface area contributed by atoms with Gasteiger partial charge in [-0.1, -0.05) is 0 Å². The highest BCUT2D eigenvalue weighted by Crippen LogP contribution is 2.14. The number of rotatable bonds is 3. The summed E-state index contributed by atoms with van der Waals surface area (Å²) in [6.45, 7) is 0.640. The molecule has 0 unspecified atom stereocenters. The molecular weight excluding hydrogens is 240 g/mol. The van der Waals surface area contributed by atoms with Crippen molar-refractivity contribution >= 4 is 11.8 Å². The van der Waals surface area contributed by atoms with E-state index in [4.69, 9.17) is 9.84 Å². The molecule has 1 N–H and O–H groups in total. The van der Waals surface area contributed by atoms with Crippen LogP contribution in [0.25, 0.3) is 0 Å². The highest BCUT2D eigenvalue weighted by atomic mass is 16.6. The average Bonchev–Trinajstić information content (AvgIpc) is 2.32. The van der Waals surface area contributed by atoms with Crippen molar-refractivity contribution in [3.05, 3.63) is 39.9 Å². The van der Waals surface area contributed by atoms with Crippen LogP contribution in [0.3, 0.4) is 0 Å². The zero-order valence-corrected chi connectivity index (χ0v) is 9.48. The number of aliphatic hydroxyl groups excluding tert-OH is 1. The van der Waals surface area contributed by atoms with Crippen LogP contribution in [-0.2, 0) is 11.3 Å². The van der Waals surface area contributed by atoms with Crippen molar-refractivity contribution in [2.45, 2.75) is 12.7 Å². The Morgan fingerprint density at radius 2 is 2.06 bits per heavy atom. The molecule has 0 bridgehead atoms. The lowest BCUT2D eigenvalue weighted by atomic mass is 10.2. The summed E-state index contributed by atoms with van der Waals surface area (Å²) in [5, 5.41) is 19.5. The van der Waals surface area contributed by atoms with E-state index < -0.39 is 17.1 Å². The van der Waals surface area contributed by atoms with Gasteiger partial charge in [0.1, 0.15) is 6.61 Å². The molecule has 1 fully saturated rings. The second kappa shape index (κ2) is 5.01. The summed E-state index contributed by atoms with van der Waals surface area (Å²) in [5.74, 6) is 0. The summed E-state index contributed by atoms with van der Waals surface area (Å²) >= 11 is 0. The number of hydrogen-bond donors (Lipinski definition) is 1. The first-order chi connectivity index (χ1) is 8.56. The predicted molar refractivity (Wildman–Crippen MR) is 60.9 cm³/mol. The highest BCUT2D eigenvalue weighted by Gasteiger charge is 2.29. The minimum Gasteiger partial charge on any atom is -0.445 e. The van der Waals surface area contributed by atoms with Gasteiger partial charge >= 0.3 is 6.09 Å². The van der Waals surface area contributed by atoms with Crippen LogP contribution >= 0.6 is 0 Å². The number of carbonyl (C=O) groups excluding carboxylic acids is 1. The van der Waals surface area contributed by atoms with Gasteiger partial charge in [0.25, 0.3) is 5.69 Å². The largest absolute Gasteiger partial charge is 0.445 e. The molecule has 0 spiro atoms. The van der Waals surface area contributed by atoms with E-state index in [9.17, 15) is 14.9 Å². The average molecular weight is 252 g/mol. The number of nitro benzene ring substituents is 1. The number of aliphatic hydroxyl groups is 1. The number of non-ortho nitro benzene ring substituents is 1. The van der Waals surface area contributed by atoms with Crippen LogP contribution in [0.2, 0.25) is 0 Å². The zero-order chi connectivity index (χ0) is 13.1. The Kier molecular flexibility index (Phi) is 3.42. The third-order valence-electron chi connectivity index (χ3n) is 2.63. The van der Waals surface area contributed by atoms with E-state index >= 15 is 0 Å². The summed E-state index contributed by atoms with van der Waals surface area (Å²) in [6.07, 6.45) is -0.949. The maximum Gasteiger partial charge on any atom is 0.410 e. The maximum absolute atomic E-state index is 11.4. The quantitative estimate of drug-likeness (QED) is 0.637. The molecule has 0 radical (unpaired) electrons. The monoisotopic (exact) mass is 252 g/mol. The Morgan fingerprint density at radius 3 is 2.56 bits per heavy atom. The minimum absolute atomic E-state index is 0.00376. The van der Waals surface area contributed by atoms with Crippen LogP contribution in [0.1, 0.15) is 5.56 Å². The molecule has 1 aliphatic rings. The first-order valence-electron chi connectivity index (χ1n) is 5.39. The second-order valence-corrected chi connectivity index (χ2v) is 4.04. The van der Waals surface area contributed by atoms with E-state index in [1.54, 1.807) is 0 Å². The Bertz CT molecular complexity index is 453. The number of β-amino-alcohol motifs (C(OH)–C–C–N with tert-alkyl or cyclic N) is 1. The van der Waals surface area contributed by atoms with Gasteiger partial charge in [0.2, 0.25) is 0 Å². The number of ether oxygens (including phenoxy) is 1. The number of amides is 1. The van der Waals surface area contributed by atoms with Crippen molar-refractivity contribution in [1.82, 2.24) is 4.90 Å². The summed E-state index contributed by atoms with van der Waals surface area (Å²) in [4.78, 5) is 22.7. The van der Waals surface area contributed by atoms with Crippen molar-refractivity contribution in [2.75, 3.05) is 13.1 Å². The third kappa shape index (κ3) is 2.75. The first-order valence-corrected chi connectivity index (χ1v) is 5.39. The molecule has 0 aromatic heterocycles. The Hall–Kier alpha value is -2.15. The zero-order valence-electron chi connectivity index (χ0n) is 9.48. The molecule has 2 rings (SSSR count).